The van der Waals surface area contributed by atoms with E-state index in [0.29, 0.717) is 0 Å². The number of carboxylic acid groups (broad SMARTS) is 1. The van der Waals surface area contributed by atoms with Crippen molar-refractivity contribution in [2.45, 2.75) is 10.9 Å². The quantitative estimate of drug-likeness (QED) is 0.745. The van der Waals surface area contributed by atoms with Gasteiger partial charge in [0.25, 0.3) is 0 Å². The van der Waals surface area contributed by atoms with Gasteiger partial charge in [0, 0.05) is 6.54 Å². The van der Waals surface area contributed by atoms with Gasteiger partial charge < -0.3 is 10.8 Å². The molecule has 0 aromatic heterocycles. The van der Waals surface area contributed by atoms with Crippen molar-refractivity contribution < 1.29 is 18.3 Å². The number of aliphatic carboxylic acids is 1. The maximum absolute atomic E-state index is 12.1. The van der Waals surface area contributed by atoms with Crippen molar-refractivity contribution in [3.63, 3.8) is 0 Å². The average molecular weight is 294 g/mol. The molecular formula is C13H14N2O4S. The standard InChI is InChI=1S/C13H14N2O4S/c14-8-12(13(16)17)15-20(18,19)11-6-5-9-3-1-2-4-10(9)7-11/h1-7,12,15H,8,14H2,(H,16,17)/t12-/m0/s1. The van der Waals surface area contributed by atoms with E-state index in [9.17, 15) is 13.2 Å². The molecule has 2 aromatic carbocycles. The summed E-state index contributed by atoms with van der Waals surface area (Å²) in [5, 5.41) is 10.5. The Balaban J connectivity index is 2.38. The van der Waals surface area contributed by atoms with Gasteiger partial charge in [0.15, 0.2) is 0 Å². The van der Waals surface area contributed by atoms with E-state index < -0.39 is 22.0 Å². The molecule has 6 nitrogen and oxygen atoms in total. The van der Waals surface area contributed by atoms with E-state index in [-0.39, 0.29) is 11.4 Å². The number of fused-ring (bicyclic) bond motifs is 1. The van der Waals surface area contributed by atoms with Crippen molar-refractivity contribution in [3.8, 4) is 0 Å². The Morgan fingerprint density at radius 1 is 1.20 bits per heavy atom. The number of nitrogens with one attached hydrogen (secondary N) is 1. The lowest BCUT2D eigenvalue weighted by Gasteiger charge is -2.13. The van der Waals surface area contributed by atoms with Crippen LogP contribution in [0.5, 0.6) is 0 Å². The maximum Gasteiger partial charge on any atom is 0.323 e. The molecule has 0 fully saturated rings. The fraction of sp³-hybridized carbons (Fsp3) is 0.154. The van der Waals surface area contributed by atoms with Crippen LogP contribution in [0.4, 0.5) is 0 Å². The summed E-state index contributed by atoms with van der Waals surface area (Å²) in [6, 6.07) is 10.5. The number of hydrogen-bond acceptors (Lipinski definition) is 4. The Bertz CT molecular complexity index is 743. The molecule has 0 saturated carbocycles. The number of hydrogen-bond donors (Lipinski definition) is 3. The summed E-state index contributed by atoms with van der Waals surface area (Å²) in [6.07, 6.45) is 0. The average Bonchev–Trinajstić information content (AvgIpc) is 2.44. The minimum absolute atomic E-state index is 0.0101. The lowest BCUT2D eigenvalue weighted by Crippen LogP contribution is -2.45. The smallest absolute Gasteiger partial charge is 0.323 e. The van der Waals surface area contributed by atoms with Crippen LogP contribution in [-0.2, 0) is 14.8 Å². The van der Waals surface area contributed by atoms with E-state index >= 15 is 0 Å². The molecule has 20 heavy (non-hydrogen) atoms. The predicted octanol–water partition coefficient (Wildman–Crippen LogP) is 0.530. The molecule has 0 aliphatic carbocycles. The Labute approximate surface area is 116 Å². The minimum Gasteiger partial charge on any atom is -0.480 e. The monoisotopic (exact) mass is 294 g/mol. The molecule has 2 aromatic rings. The molecule has 0 saturated heterocycles. The Kier molecular flexibility index (Phi) is 4.03. The zero-order chi connectivity index (χ0) is 14.8. The number of carboxylic acids is 1. The molecule has 0 unspecified atom stereocenters. The fourth-order valence-electron chi connectivity index (χ4n) is 1.79. The summed E-state index contributed by atoms with van der Waals surface area (Å²) in [5.41, 5.74) is 5.24. The third-order valence-electron chi connectivity index (χ3n) is 2.86. The lowest BCUT2D eigenvalue weighted by molar-refractivity contribution is -0.138. The largest absolute Gasteiger partial charge is 0.480 e. The maximum atomic E-state index is 12.1. The summed E-state index contributed by atoms with van der Waals surface area (Å²) in [6.45, 7) is -0.317. The van der Waals surface area contributed by atoms with E-state index in [4.69, 9.17) is 10.8 Å². The van der Waals surface area contributed by atoms with Crippen LogP contribution in [0.3, 0.4) is 0 Å². The van der Waals surface area contributed by atoms with Crippen molar-refractivity contribution in [1.82, 2.24) is 4.72 Å². The highest BCUT2D eigenvalue weighted by Crippen LogP contribution is 2.18. The molecular weight excluding hydrogens is 280 g/mol. The molecule has 4 N–H and O–H groups in total. The number of carbonyl (C=O) groups is 1. The highest BCUT2D eigenvalue weighted by Gasteiger charge is 2.24. The number of sulfonamides is 1. The number of rotatable bonds is 5. The molecule has 0 heterocycles. The van der Waals surface area contributed by atoms with Gasteiger partial charge in [-0.1, -0.05) is 30.3 Å². The highest BCUT2D eigenvalue weighted by atomic mass is 32.2. The van der Waals surface area contributed by atoms with Crippen LogP contribution < -0.4 is 10.5 Å². The van der Waals surface area contributed by atoms with Crippen LogP contribution >= 0.6 is 0 Å². The van der Waals surface area contributed by atoms with Gasteiger partial charge in [-0.25, -0.2) is 8.42 Å². The van der Waals surface area contributed by atoms with Gasteiger partial charge in [-0.15, -0.1) is 0 Å². The summed E-state index contributed by atoms with van der Waals surface area (Å²) in [7, 11) is -3.92. The van der Waals surface area contributed by atoms with Crippen molar-refractivity contribution >= 4 is 26.8 Å². The lowest BCUT2D eigenvalue weighted by atomic mass is 10.1. The first kappa shape index (κ1) is 14.4. The summed E-state index contributed by atoms with van der Waals surface area (Å²) in [4.78, 5) is 10.9. The second-order valence-electron chi connectivity index (χ2n) is 4.26. The Hall–Kier alpha value is -1.96. The SMILES string of the molecule is NC[C@H](NS(=O)(=O)c1ccc2ccccc2c1)C(=O)O. The Morgan fingerprint density at radius 2 is 1.85 bits per heavy atom. The third-order valence-corrected chi connectivity index (χ3v) is 4.33. The van der Waals surface area contributed by atoms with Crippen molar-refractivity contribution in [3.05, 3.63) is 42.5 Å². The molecule has 1 atom stereocenters. The zero-order valence-electron chi connectivity index (χ0n) is 10.5. The highest BCUT2D eigenvalue weighted by molar-refractivity contribution is 7.89. The second-order valence-corrected chi connectivity index (χ2v) is 5.97. The van der Waals surface area contributed by atoms with E-state index in [0.717, 1.165) is 10.8 Å². The van der Waals surface area contributed by atoms with Crippen LogP contribution in [0.2, 0.25) is 0 Å². The van der Waals surface area contributed by atoms with E-state index in [1.54, 1.807) is 18.2 Å². The minimum atomic E-state index is -3.92. The number of benzene rings is 2. The topological polar surface area (TPSA) is 109 Å². The van der Waals surface area contributed by atoms with Crippen LogP contribution in [0.25, 0.3) is 10.8 Å². The van der Waals surface area contributed by atoms with Crippen molar-refractivity contribution in [2.24, 2.45) is 5.73 Å². The second kappa shape index (κ2) is 5.58. The van der Waals surface area contributed by atoms with Gasteiger partial charge in [0.1, 0.15) is 6.04 Å². The number of nitrogens with two attached hydrogens (primary N) is 1. The van der Waals surface area contributed by atoms with Gasteiger partial charge in [0.2, 0.25) is 10.0 Å². The molecule has 0 bridgehead atoms. The normalized spacial score (nSPS) is 13.2. The third kappa shape index (κ3) is 2.96. The van der Waals surface area contributed by atoms with Gasteiger partial charge in [-0.3, -0.25) is 4.79 Å². The molecule has 0 spiro atoms. The summed E-state index contributed by atoms with van der Waals surface area (Å²) < 4.78 is 26.3. The van der Waals surface area contributed by atoms with E-state index in [1.807, 2.05) is 12.1 Å². The molecule has 106 valence electrons. The summed E-state index contributed by atoms with van der Waals surface area (Å²) >= 11 is 0. The molecule has 7 heteroatoms. The van der Waals surface area contributed by atoms with Crippen LogP contribution in [0, 0.1) is 0 Å². The van der Waals surface area contributed by atoms with Crippen LogP contribution in [0.1, 0.15) is 0 Å². The first-order valence-electron chi connectivity index (χ1n) is 5.88. The molecule has 0 amide bonds. The molecule has 0 radical (unpaired) electrons. The van der Waals surface area contributed by atoms with Gasteiger partial charge in [-0.05, 0) is 22.9 Å². The van der Waals surface area contributed by atoms with Gasteiger partial charge in [0.05, 0.1) is 4.90 Å². The van der Waals surface area contributed by atoms with E-state index in [1.165, 1.54) is 12.1 Å². The van der Waals surface area contributed by atoms with Gasteiger partial charge >= 0.3 is 5.97 Å². The Morgan fingerprint density at radius 3 is 2.45 bits per heavy atom. The molecule has 0 aliphatic rings. The van der Waals surface area contributed by atoms with Crippen LogP contribution in [-0.4, -0.2) is 32.1 Å². The van der Waals surface area contributed by atoms with E-state index in [2.05, 4.69) is 4.72 Å². The molecule has 2 rings (SSSR count). The van der Waals surface area contributed by atoms with Crippen molar-refractivity contribution in [1.29, 1.82) is 0 Å². The van der Waals surface area contributed by atoms with Crippen molar-refractivity contribution in [2.75, 3.05) is 6.54 Å². The predicted molar refractivity (Wildman–Crippen MR) is 74.7 cm³/mol. The summed E-state index contributed by atoms with van der Waals surface area (Å²) in [5.74, 6) is -1.31. The first-order valence-corrected chi connectivity index (χ1v) is 7.36. The van der Waals surface area contributed by atoms with Gasteiger partial charge in [-0.2, -0.15) is 4.72 Å². The fourth-order valence-corrected chi connectivity index (χ4v) is 3.03. The zero-order valence-corrected chi connectivity index (χ0v) is 11.3. The first-order chi connectivity index (χ1) is 9.44. The van der Waals surface area contributed by atoms with Crippen LogP contribution in [0.15, 0.2) is 47.4 Å². The molecule has 0 aliphatic heterocycles.